The molecule has 54 heavy (non-hydrogen) atoms. The van der Waals surface area contributed by atoms with Crippen LogP contribution in [-0.4, -0.2) is 11.7 Å². The minimum Gasteiger partial charge on any atom is -0.456 e. The molecule has 10 aromatic rings. The number of nitrogens with zero attached hydrogens (tertiary/aromatic N) is 2. The van der Waals surface area contributed by atoms with Crippen molar-refractivity contribution in [3.63, 3.8) is 0 Å². The van der Waals surface area contributed by atoms with E-state index >= 15 is 0 Å². The zero-order valence-corrected chi connectivity index (χ0v) is 29.0. The van der Waals surface area contributed by atoms with Crippen molar-refractivity contribution < 1.29 is 8.83 Å². The number of rotatable bonds is 5. The van der Waals surface area contributed by atoms with Crippen LogP contribution in [0.15, 0.2) is 195 Å². The van der Waals surface area contributed by atoms with Crippen molar-refractivity contribution in [2.45, 2.75) is 6.17 Å². The fourth-order valence-corrected chi connectivity index (χ4v) is 8.04. The van der Waals surface area contributed by atoms with Gasteiger partial charge >= 0.3 is 0 Å². The molecule has 0 saturated heterocycles. The smallest absolute Gasteiger partial charge is 0.160 e. The van der Waals surface area contributed by atoms with Crippen LogP contribution in [0.1, 0.15) is 22.9 Å². The van der Waals surface area contributed by atoms with E-state index in [2.05, 4.69) is 139 Å². The number of amidine groups is 2. The Balaban J connectivity index is 1.10. The van der Waals surface area contributed by atoms with E-state index in [4.69, 9.17) is 18.8 Å². The number of nitrogens with one attached hydrogen (secondary N) is 1. The summed E-state index contributed by atoms with van der Waals surface area (Å²) >= 11 is 0. The molecule has 0 bridgehead atoms. The first kappa shape index (κ1) is 30.4. The van der Waals surface area contributed by atoms with Crippen molar-refractivity contribution in [1.82, 2.24) is 5.32 Å². The summed E-state index contributed by atoms with van der Waals surface area (Å²) in [6, 6.07) is 61.0. The van der Waals surface area contributed by atoms with Gasteiger partial charge in [0.15, 0.2) is 5.84 Å². The lowest BCUT2D eigenvalue weighted by Gasteiger charge is -2.24. The van der Waals surface area contributed by atoms with Crippen molar-refractivity contribution >= 4 is 66.3 Å². The normalized spacial score (nSPS) is 14.5. The number of hydrogen-bond acceptors (Lipinski definition) is 5. The van der Waals surface area contributed by atoms with Crippen molar-refractivity contribution in [3.8, 4) is 22.3 Å². The second kappa shape index (κ2) is 12.2. The van der Waals surface area contributed by atoms with Crippen LogP contribution >= 0.6 is 0 Å². The number of aliphatic imine (C=N–C) groups is 2. The van der Waals surface area contributed by atoms with E-state index in [0.717, 1.165) is 83.1 Å². The third kappa shape index (κ3) is 4.94. The molecule has 0 radical (unpaired) electrons. The van der Waals surface area contributed by atoms with Crippen molar-refractivity contribution in [3.05, 3.63) is 193 Å². The zero-order chi connectivity index (χ0) is 35.6. The SMILES string of the molecule is c1ccc(-c2cccc(C3=NC(c4cccc5oc6cc(-c7cccc8ccccc78)ccc6c45)=NC(c4cccc5oc6ccccc6c45)N3)c2)cc1. The summed E-state index contributed by atoms with van der Waals surface area (Å²) in [5.74, 6) is 1.38. The topological polar surface area (TPSA) is 63.0 Å². The van der Waals surface area contributed by atoms with Crippen LogP contribution in [0.2, 0.25) is 0 Å². The van der Waals surface area contributed by atoms with Gasteiger partial charge in [0, 0.05) is 38.2 Å². The Bertz CT molecular complexity index is 3150. The molecule has 0 aliphatic carbocycles. The number of para-hydroxylation sites is 1. The standard InChI is InChI=1S/C49H31N3O2/c1-2-12-30(13-3-1)32-16-8-17-34(28-32)47-50-48(39-21-10-24-42-45(39)37-19-6-7-23-41(37)53-42)52-49(51-47)40-22-11-25-43-46(40)38-27-26-33(29-44(38)54-43)36-20-9-15-31-14-4-5-18-35(31)36/h1-29,48H,(H,50,51,52). The second-order valence-electron chi connectivity index (χ2n) is 13.7. The molecule has 1 aliphatic rings. The molecule has 0 fully saturated rings. The molecule has 8 aromatic carbocycles. The summed E-state index contributed by atoms with van der Waals surface area (Å²) in [7, 11) is 0. The Morgan fingerprint density at radius 3 is 2.00 bits per heavy atom. The van der Waals surface area contributed by atoms with Crippen LogP contribution < -0.4 is 5.32 Å². The number of benzene rings is 8. The minimum absolute atomic E-state index is 0.441. The van der Waals surface area contributed by atoms with Gasteiger partial charge in [0.05, 0.1) is 0 Å². The van der Waals surface area contributed by atoms with Gasteiger partial charge in [-0.15, -0.1) is 0 Å². The molecule has 5 nitrogen and oxygen atoms in total. The molecule has 5 heteroatoms. The van der Waals surface area contributed by atoms with Crippen LogP contribution in [0, 0.1) is 0 Å². The van der Waals surface area contributed by atoms with E-state index < -0.39 is 6.17 Å². The lowest BCUT2D eigenvalue weighted by molar-refractivity contribution is 0.662. The Morgan fingerprint density at radius 2 is 1.07 bits per heavy atom. The van der Waals surface area contributed by atoms with Crippen LogP contribution in [0.25, 0.3) is 76.9 Å². The zero-order valence-electron chi connectivity index (χ0n) is 29.0. The van der Waals surface area contributed by atoms with E-state index in [-0.39, 0.29) is 0 Å². The fourth-order valence-electron chi connectivity index (χ4n) is 8.04. The maximum absolute atomic E-state index is 6.61. The maximum atomic E-state index is 6.61. The molecule has 254 valence electrons. The number of hydrogen-bond donors (Lipinski definition) is 1. The average Bonchev–Trinajstić information content (AvgIpc) is 3.82. The predicted molar refractivity (Wildman–Crippen MR) is 221 cm³/mol. The number of fused-ring (bicyclic) bond motifs is 7. The van der Waals surface area contributed by atoms with Gasteiger partial charge in [-0.1, -0.05) is 140 Å². The van der Waals surface area contributed by atoms with Gasteiger partial charge in [-0.05, 0) is 69.4 Å². The van der Waals surface area contributed by atoms with Gasteiger partial charge in [-0.25, -0.2) is 9.98 Å². The van der Waals surface area contributed by atoms with Gasteiger partial charge in [-0.2, -0.15) is 0 Å². The van der Waals surface area contributed by atoms with E-state index in [1.54, 1.807) is 0 Å². The Hall–Kier alpha value is -7.24. The van der Waals surface area contributed by atoms with Crippen LogP contribution in [-0.2, 0) is 0 Å². The minimum atomic E-state index is -0.441. The molecule has 1 unspecified atom stereocenters. The summed E-state index contributed by atoms with van der Waals surface area (Å²) in [4.78, 5) is 10.7. The predicted octanol–water partition coefficient (Wildman–Crippen LogP) is 12.5. The van der Waals surface area contributed by atoms with Crippen molar-refractivity contribution in [1.29, 1.82) is 0 Å². The molecule has 11 rings (SSSR count). The van der Waals surface area contributed by atoms with Gasteiger partial charge in [0.25, 0.3) is 0 Å². The molecule has 3 heterocycles. The molecule has 0 spiro atoms. The van der Waals surface area contributed by atoms with Gasteiger partial charge in [0.2, 0.25) is 0 Å². The van der Waals surface area contributed by atoms with Gasteiger partial charge < -0.3 is 14.2 Å². The molecule has 1 atom stereocenters. The summed E-state index contributed by atoms with van der Waals surface area (Å²) < 4.78 is 12.9. The molecule has 2 aromatic heterocycles. The average molecular weight is 694 g/mol. The monoisotopic (exact) mass is 693 g/mol. The highest BCUT2D eigenvalue weighted by Crippen LogP contribution is 2.39. The Morgan fingerprint density at radius 1 is 0.426 bits per heavy atom. The second-order valence-corrected chi connectivity index (χ2v) is 13.7. The van der Waals surface area contributed by atoms with Gasteiger partial charge in [-0.3, -0.25) is 0 Å². The van der Waals surface area contributed by atoms with Crippen LogP contribution in [0.3, 0.4) is 0 Å². The summed E-state index contributed by atoms with van der Waals surface area (Å²) in [5.41, 5.74) is 10.7. The lowest BCUT2D eigenvalue weighted by Crippen LogP contribution is -2.33. The molecular weight excluding hydrogens is 663 g/mol. The summed E-state index contributed by atoms with van der Waals surface area (Å²) in [5, 5.41) is 10.3. The maximum Gasteiger partial charge on any atom is 0.160 e. The van der Waals surface area contributed by atoms with E-state index in [1.807, 2.05) is 42.5 Å². The first-order valence-electron chi connectivity index (χ1n) is 18.2. The van der Waals surface area contributed by atoms with E-state index in [0.29, 0.717) is 5.84 Å². The Labute approximate surface area is 310 Å². The fraction of sp³-hybridized carbons (Fsp3) is 0.0204. The van der Waals surface area contributed by atoms with Crippen molar-refractivity contribution in [2.75, 3.05) is 0 Å². The highest BCUT2D eigenvalue weighted by Gasteiger charge is 2.26. The van der Waals surface area contributed by atoms with Crippen molar-refractivity contribution in [2.24, 2.45) is 9.98 Å². The molecule has 0 amide bonds. The highest BCUT2D eigenvalue weighted by molar-refractivity contribution is 6.22. The van der Waals surface area contributed by atoms with Crippen LogP contribution in [0.4, 0.5) is 0 Å². The number of furan rings is 2. The summed E-state index contributed by atoms with van der Waals surface area (Å²) in [6.45, 7) is 0. The lowest BCUT2D eigenvalue weighted by atomic mass is 9.97. The summed E-state index contributed by atoms with van der Waals surface area (Å²) in [6.07, 6.45) is -0.441. The molecule has 0 saturated carbocycles. The Kier molecular flexibility index (Phi) is 6.85. The first-order valence-corrected chi connectivity index (χ1v) is 18.2. The van der Waals surface area contributed by atoms with E-state index in [9.17, 15) is 0 Å². The molecule has 1 N–H and O–H groups in total. The highest BCUT2D eigenvalue weighted by atomic mass is 16.3. The first-order chi connectivity index (χ1) is 26.7. The van der Waals surface area contributed by atoms with E-state index in [1.165, 1.54) is 16.3 Å². The molecular formula is C49H31N3O2. The third-order valence-electron chi connectivity index (χ3n) is 10.6. The largest absolute Gasteiger partial charge is 0.456 e. The quantitative estimate of drug-likeness (QED) is 0.195. The van der Waals surface area contributed by atoms with Crippen LogP contribution in [0.5, 0.6) is 0 Å². The van der Waals surface area contributed by atoms with Gasteiger partial charge in [0.1, 0.15) is 34.3 Å². The third-order valence-corrected chi connectivity index (χ3v) is 10.6. The molecule has 1 aliphatic heterocycles.